The lowest BCUT2D eigenvalue weighted by Gasteiger charge is -2.26. The monoisotopic (exact) mass is 427 g/mol. The fourth-order valence-corrected chi connectivity index (χ4v) is 5.08. The van der Waals surface area contributed by atoms with Gasteiger partial charge in [0.1, 0.15) is 0 Å². The molecule has 0 aromatic heterocycles. The number of hydrogen-bond acceptors (Lipinski definition) is 5. The van der Waals surface area contributed by atoms with Gasteiger partial charge in [-0.2, -0.15) is 4.31 Å². The van der Waals surface area contributed by atoms with E-state index < -0.39 is 10.0 Å². The van der Waals surface area contributed by atoms with Gasteiger partial charge in [0.05, 0.1) is 11.4 Å². The van der Waals surface area contributed by atoms with Crippen molar-refractivity contribution in [2.75, 3.05) is 19.6 Å². The molecule has 0 aliphatic carbocycles. The summed E-state index contributed by atoms with van der Waals surface area (Å²) < 4.78 is 26.6. The van der Waals surface area contributed by atoms with Gasteiger partial charge in [-0.05, 0) is 48.4 Å². The number of Topliss-reactive ketones (excluding diaryl/α,β-unsaturated/α-hetero) is 1. The lowest BCUT2D eigenvalue weighted by Crippen LogP contribution is -2.49. The number of carbonyl (C=O) groups is 3. The molecule has 0 spiro atoms. The molecule has 2 aromatic carbocycles. The fourth-order valence-electron chi connectivity index (χ4n) is 3.68. The topological polar surface area (TPSA) is 104 Å². The van der Waals surface area contributed by atoms with Gasteiger partial charge in [-0.15, -0.1) is 0 Å². The van der Waals surface area contributed by atoms with Gasteiger partial charge in [-0.1, -0.05) is 12.1 Å². The molecule has 2 aromatic rings. The second kappa shape index (κ2) is 7.66. The summed E-state index contributed by atoms with van der Waals surface area (Å²) in [4.78, 5) is 37.7. The highest BCUT2D eigenvalue weighted by Crippen LogP contribution is 2.26. The van der Waals surface area contributed by atoms with Crippen molar-refractivity contribution < 1.29 is 22.8 Å². The van der Waals surface area contributed by atoms with E-state index in [9.17, 15) is 22.8 Å². The van der Waals surface area contributed by atoms with Gasteiger partial charge in [0.2, 0.25) is 15.9 Å². The lowest BCUT2D eigenvalue weighted by molar-refractivity contribution is -0.122. The van der Waals surface area contributed by atoms with Crippen LogP contribution in [0.5, 0.6) is 0 Å². The van der Waals surface area contributed by atoms with Crippen LogP contribution in [0.3, 0.4) is 0 Å². The number of fused-ring (bicyclic) bond motifs is 1. The average molecular weight is 427 g/mol. The average Bonchev–Trinajstić information content (AvgIpc) is 3.16. The van der Waals surface area contributed by atoms with E-state index in [4.69, 9.17) is 0 Å². The Hall–Kier alpha value is -3.04. The molecule has 0 unspecified atom stereocenters. The van der Waals surface area contributed by atoms with Crippen LogP contribution in [0.2, 0.25) is 0 Å². The lowest BCUT2D eigenvalue weighted by atomic mass is 10.0. The summed E-state index contributed by atoms with van der Waals surface area (Å²) in [7, 11) is -3.80. The van der Waals surface area contributed by atoms with Crippen LogP contribution in [0.25, 0.3) is 0 Å². The third-order valence-corrected chi connectivity index (χ3v) is 7.22. The Morgan fingerprint density at radius 3 is 2.27 bits per heavy atom. The molecule has 9 heteroatoms. The second-order valence-corrected chi connectivity index (χ2v) is 9.35. The molecule has 1 saturated heterocycles. The van der Waals surface area contributed by atoms with Crippen molar-refractivity contribution in [2.45, 2.75) is 24.9 Å². The van der Waals surface area contributed by atoms with Crippen molar-refractivity contribution in [2.24, 2.45) is 0 Å². The van der Waals surface area contributed by atoms with Gasteiger partial charge in [-0.3, -0.25) is 14.4 Å². The van der Waals surface area contributed by atoms with Crippen LogP contribution in [0, 0.1) is 0 Å². The Balaban J connectivity index is 1.50. The SMILES string of the molecule is CC(=O)c1ccc2c(c1)CN(C(=O)c1ccc(S(=O)(=O)N3CCNC(=O)C3)cc1)C2. The van der Waals surface area contributed by atoms with Crippen molar-refractivity contribution in [1.29, 1.82) is 0 Å². The van der Waals surface area contributed by atoms with Gasteiger partial charge >= 0.3 is 0 Å². The maximum atomic E-state index is 12.9. The van der Waals surface area contributed by atoms with Crippen LogP contribution in [0.15, 0.2) is 47.4 Å². The van der Waals surface area contributed by atoms with Crippen LogP contribution in [0.4, 0.5) is 0 Å². The highest BCUT2D eigenvalue weighted by atomic mass is 32.2. The molecule has 2 heterocycles. The normalized spacial score (nSPS) is 16.8. The minimum absolute atomic E-state index is 0.0226. The smallest absolute Gasteiger partial charge is 0.254 e. The first-order valence-corrected chi connectivity index (χ1v) is 11.0. The van der Waals surface area contributed by atoms with E-state index in [0.717, 1.165) is 15.4 Å². The standard InChI is InChI=1S/C21H21N3O5S/c1-14(25)16-2-3-17-11-23(12-18(17)10-16)21(27)15-4-6-19(7-5-15)30(28,29)24-9-8-22-20(26)13-24/h2-7,10H,8-9,11-13H2,1H3,(H,22,26). The molecule has 1 fully saturated rings. The maximum absolute atomic E-state index is 12.9. The second-order valence-electron chi connectivity index (χ2n) is 7.41. The van der Waals surface area contributed by atoms with E-state index in [1.54, 1.807) is 11.0 Å². The van der Waals surface area contributed by atoms with Crippen molar-refractivity contribution in [3.05, 3.63) is 64.7 Å². The molecular formula is C21H21N3O5S. The highest BCUT2D eigenvalue weighted by molar-refractivity contribution is 7.89. The van der Waals surface area contributed by atoms with E-state index >= 15 is 0 Å². The van der Waals surface area contributed by atoms with Crippen LogP contribution in [-0.4, -0.2) is 54.9 Å². The number of rotatable bonds is 4. The van der Waals surface area contributed by atoms with Crippen molar-refractivity contribution in [1.82, 2.24) is 14.5 Å². The maximum Gasteiger partial charge on any atom is 0.254 e. The zero-order chi connectivity index (χ0) is 21.5. The molecule has 2 aliphatic rings. The zero-order valence-corrected chi connectivity index (χ0v) is 17.2. The number of nitrogens with zero attached hydrogens (tertiary/aromatic N) is 2. The molecule has 156 valence electrons. The van der Waals surface area contributed by atoms with Gasteiger partial charge in [0.15, 0.2) is 5.78 Å². The van der Waals surface area contributed by atoms with Crippen LogP contribution < -0.4 is 5.32 Å². The molecule has 8 nitrogen and oxygen atoms in total. The van der Waals surface area contributed by atoms with E-state index in [0.29, 0.717) is 24.2 Å². The number of piperazine rings is 1. The summed E-state index contributed by atoms with van der Waals surface area (Å²) in [5.41, 5.74) is 2.93. The summed E-state index contributed by atoms with van der Waals surface area (Å²) in [6.07, 6.45) is 0. The zero-order valence-electron chi connectivity index (χ0n) is 16.4. The van der Waals surface area contributed by atoms with E-state index in [1.165, 1.54) is 31.2 Å². The van der Waals surface area contributed by atoms with Crippen LogP contribution >= 0.6 is 0 Å². The van der Waals surface area contributed by atoms with E-state index in [2.05, 4.69) is 5.32 Å². The Kier molecular flexibility index (Phi) is 5.17. The predicted molar refractivity (Wildman–Crippen MR) is 108 cm³/mol. The Morgan fingerprint density at radius 2 is 1.60 bits per heavy atom. The summed E-state index contributed by atoms with van der Waals surface area (Å²) in [6, 6.07) is 11.2. The molecule has 30 heavy (non-hydrogen) atoms. The molecule has 4 rings (SSSR count). The first-order chi connectivity index (χ1) is 14.3. The predicted octanol–water partition coefficient (Wildman–Crippen LogP) is 1.17. The molecule has 0 saturated carbocycles. The van der Waals surface area contributed by atoms with Gasteiger partial charge in [0.25, 0.3) is 5.91 Å². The quantitative estimate of drug-likeness (QED) is 0.738. The first kappa shape index (κ1) is 20.2. The summed E-state index contributed by atoms with van der Waals surface area (Å²) in [5.74, 6) is -0.569. The van der Waals surface area contributed by atoms with Gasteiger partial charge in [-0.25, -0.2) is 8.42 Å². The molecule has 0 atom stereocenters. The molecule has 2 aliphatic heterocycles. The number of benzene rings is 2. The Morgan fingerprint density at radius 1 is 0.933 bits per heavy atom. The Bertz CT molecular complexity index is 1140. The van der Waals surface area contributed by atoms with Crippen LogP contribution in [0.1, 0.15) is 38.8 Å². The number of hydrogen-bond donors (Lipinski definition) is 1. The number of amides is 2. The van der Waals surface area contributed by atoms with E-state index in [-0.39, 0.29) is 42.1 Å². The molecule has 2 amide bonds. The minimum atomic E-state index is -3.80. The third kappa shape index (κ3) is 3.73. The highest BCUT2D eigenvalue weighted by Gasteiger charge is 2.30. The van der Waals surface area contributed by atoms with Gasteiger partial charge in [0, 0.05) is 37.3 Å². The molecular weight excluding hydrogens is 406 g/mol. The number of nitrogens with one attached hydrogen (secondary N) is 1. The summed E-state index contributed by atoms with van der Waals surface area (Å²) in [5, 5.41) is 2.59. The molecule has 0 bridgehead atoms. The largest absolute Gasteiger partial charge is 0.354 e. The van der Waals surface area contributed by atoms with E-state index in [1.807, 2.05) is 12.1 Å². The first-order valence-electron chi connectivity index (χ1n) is 9.54. The number of sulfonamides is 1. The van der Waals surface area contributed by atoms with Crippen molar-refractivity contribution in [3.8, 4) is 0 Å². The number of ketones is 1. The third-order valence-electron chi connectivity index (χ3n) is 5.36. The van der Waals surface area contributed by atoms with Crippen molar-refractivity contribution in [3.63, 3.8) is 0 Å². The molecule has 0 radical (unpaired) electrons. The summed E-state index contributed by atoms with van der Waals surface area (Å²) in [6.45, 7) is 2.62. The minimum Gasteiger partial charge on any atom is -0.354 e. The Labute approximate surface area is 174 Å². The fraction of sp³-hybridized carbons (Fsp3) is 0.286. The van der Waals surface area contributed by atoms with Gasteiger partial charge < -0.3 is 10.2 Å². The summed E-state index contributed by atoms with van der Waals surface area (Å²) >= 11 is 0. The van der Waals surface area contributed by atoms with Crippen LogP contribution in [-0.2, 0) is 27.9 Å². The number of carbonyl (C=O) groups excluding carboxylic acids is 3. The molecule has 1 N–H and O–H groups in total. The van der Waals surface area contributed by atoms with Crippen molar-refractivity contribution >= 4 is 27.6 Å².